The monoisotopic (exact) mass is 471 g/mol. The van der Waals surface area contributed by atoms with E-state index in [0.29, 0.717) is 37.7 Å². The van der Waals surface area contributed by atoms with E-state index in [1.165, 1.54) is 0 Å². The zero-order valence-electron chi connectivity index (χ0n) is 18.3. The van der Waals surface area contributed by atoms with Gasteiger partial charge in [-0.05, 0) is 54.6 Å². The molecule has 170 valence electrons. The van der Waals surface area contributed by atoms with E-state index in [0.717, 1.165) is 22.8 Å². The minimum atomic E-state index is -0.106. The molecule has 0 saturated carbocycles. The molecule has 3 heterocycles. The number of ether oxygens (including phenoxy) is 1. The quantitative estimate of drug-likeness (QED) is 0.384. The summed E-state index contributed by atoms with van der Waals surface area (Å²) in [6, 6.07) is 22.8. The van der Waals surface area contributed by atoms with Gasteiger partial charge in [-0.2, -0.15) is 0 Å². The Bertz CT molecular complexity index is 1280. The Labute approximate surface area is 202 Å². The van der Waals surface area contributed by atoms with Crippen LogP contribution in [0.15, 0.2) is 85.2 Å². The number of pyridine rings is 1. The van der Waals surface area contributed by atoms with Gasteiger partial charge in [0.05, 0.1) is 11.3 Å². The average molecular weight is 472 g/mol. The number of nitrogens with zero attached hydrogens (tertiary/aromatic N) is 5. The summed E-state index contributed by atoms with van der Waals surface area (Å²) in [6.07, 6.45) is 3.34. The number of carbonyl (C=O) groups excluding carboxylic acids is 1. The predicted molar refractivity (Wildman–Crippen MR) is 131 cm³/mol. The number of hydrogen-bond donors (Lipinski definition) is 0. The third-order valence-corrected chi connectivity index (χ3v) is 5.91. The fourth-order valence-electron chi connectivity index (χ4n) is 3.81. The van der Waals surface area contributed by atoms with Crippen LogP contribution in [-0.4, -0.2) is 51.9 Å². The van der Waals surface area contributed by atoms with Crippen molar-refractivity contribution in [3.63, 3.8) is 0 Å². The second-order valence-electron chi connectivity index (χ2n) is 7.80. The zero-order valence-corrected chi connectivity index (χ0v) is 19.1. The largest absolute Gasteiger partial charge is 0.457 e. The first-order valence-electron chi connectivity index (χ1n) is 11.0. The van der Waals surface area contributed by atoms with Gasteiger partial charge in [0.2, 0.25) is 5.95 Å². The molecule has 2 aromatic carbocycles. The van der Waals surface area contributed by atoms with Crippen molar-refractivity contribution < 1.29 is 9.53 Å². The van der Waals surface area contributed by atoms with E-state index < -0.39 is 0 Å². The van der Waals surface area contributed by atoms with Gasteiger partial charge in [-0.1, -0.05) is 29.8 Å². The zero-order chi connectivity index (χ0) is 23.3. The van der Waals surface area contributed by atoms with E-state index in [2.05, 4.69) is 14.9 Å². The highest BCUT2D eigenvalue weighted by Crippen LogP contribution is 2.26. The summed E-state index contributed by atoms with van der Waals surface area (Å²) in [4.78, 5) is 29.9. The lowest BCUT2D eigenvalue weighted by Gasteiger charge is -2.34. The Balaban J connectivity index is 1.24. The number of benzene rings is 2. The SMILES string of the molecule is O=C(c1cccnc1Cl)N1CCN(c2nccc(-c3ccc(Oc4ccccc4)cc3)n2)CC1. The lowest BCUT2D eigenvalue weighted by atomic mass is 10.1. The number of hydrogen-bond acceptors (Lipinski definition) is 6. The molecule has 1 saturated heterocycles. The predicted octanol–water partition coefficient (Wildman–Crippen LogP) is 4.95. The van der Waals surface area contributed by atoms with Crippen molar-refractivity contribution in [2.24, 2.45) is 0 Å². The summed E-state index contributed by atoms with van der Waals surface area (Å²) < 4.78 is 5.87. The van der Waals surface area contributed by atoms with Gasteiger partial charge in [0.15, 0.2) is 0 Å². The number of anilines is 1. The van der Waals surface area contributed by atoms with E-state index in [1.54, 1.807) is 29.4 Å². The van der Waals surface area contributed by atoms with E-state index >= 15 is 0 Å². The number of piperazine rings is 1. The molecule has 0 atom stereocenters. The first-order chi connectivity index (χ1) is 16.7. The van der Waals surface area contributed by atoms with Crippen molar-refractivity contribution in [3.8, 4) is 22.8 Å². The second kappa shape index (κ2) is 9.89. The summed E-state index contributed by atoms with van der Waals surface area (Å²) in [5, 5.41) is 0.228. The minimum absolute atomic E-state index is 0.106. The van der Waals surface area contributed by atoms with Crippen LogP contribution in [0.3, 0.4) is 0 Å². The van der Waals surface area contributed by atoms with E-state index in [1.807, 2.05) is 60.7 Å². The Morgan fingerprint density at radius 1 is 0.794 bits per heavy atom. The van der Waals surface area contributed by atoms with Gasteiger partial charge in [0, 0.05) is 44.1 Å². The summed E-state index contributed by atoms with van der Waals surface area (Å²) in [7, 11) is 0. The lowest BCUT2D eigenvalue weighted by molar-refractivity contribution is 0.0746. The van der Waals surface area contributed by atoms with Crippen LogP contribution in [0, 0.1) is 0 Å². The molecule has 5 rings (SSSR count). The highest BCUT2D eigenvalue weighted by molar-refractivity contribution is 6.32. The smallest absolute Gasteiger partial charge is 0.257 e. The summed E-state index contributed by atoms with van der Waals surface area (Å²) in [5.74, 6) is 2.10. The fraction of sp³-hybridized carbons (Fsp3) is 0.154. The van der Waals surface area contributed by atoms with E-state index in [9.17, 15) is 4.79 Å². The first kappa shape index (κ1) is 21.9. The highest BCUT2D eigenvalue weighted by atomic mass is 35.5. The number of carbonyl (C=O) groups is 1. The van der Waals surface area contributed by atoms with Crippen LogP contribution in [0.1, 0.15) is 10.4 Å². The van der Waals surface area contributed by atoms with Gasteiger partial charge in [-0.25, -0.2) is 15.0 Å². The molecule has 34 heavy (non-hydrogen) atoms. The van der Waals surface area contributed by atoms with Crippen molar-refractivity contribution in [2.45, 2.75) is 0 Å². The van der Waals surface area contributed by atoms with Crippen molar-refractivity contribution in [1.82, 2.24) is 19.9 Å². The van der Waals surface area contributed by atoms with Crippen LogP contribution in [0.25, 0.3) is 11.3 Å². The van der Waals surface area contributed by atoms with Crippen molar-refractivity contribution in [3.05, 3.63) is 95.9 Å². The molecule has 4 aromatic rings. The van der Waals surface area contributed by atoms with Crippen LogP contribution >= 0.6 is 11.6 Å². The average Bonchev–Trinajstić information content (AvgIpc) is 2.90. The molecule has 8 heteroatoms. The standard InChI is InChI=1S/C26H22ClN5O2/c27-24-22(7-4-13-28-24)25(33)31-15-17-32(18-16-31)26-29-14-12-23(30-26)19-8-10-21(11-9-19)34-20-5-2-1-3-6-20/h1-14H,15-18H2. The van der Waals surface area contributed by atoms with Crippen LogP contribution < -0.4 is 9.64 Å². The Morgan fingerprint density at radius 2 is 1.53 bits per heavy atom. The van der Waals surface area contributed by atoms with Crippen molar-refractivity contribution >= 4 is 23.5 Å². The Hall–Kier alpha value is -3.97. The summed E-state index contributed by atoms with van der Waals surface area (Å²) in [5.41, 5.74) is 2.23. The molecular weight excluding hydrogens is 450 g/mol. The molecule has 0 radical (unpaired) electrons. The molecule has 1 amide bonds. The van der Waals surface area contributed by atoms with E-state index in [4.69, 9.17) is 21.3 Å². The summed E-state index contributed by atoms with van der Waals surface area (Å²) >= 11 is 6.09. The van der Waals surface area contributed by atoms with Gasteiger partial charge in [-0.3, -0.25) is 4.79 Å². The number of halogens is 1. The van der Waals surface area contributed by atoms with Crippen LogP contribution in [0.5, 0.6) is 11.5 Å². The van der Waals surface area contributed by atoms with Crippen molar-refractivity contribution in [2.75, 3.05) is 31.1 Å². The number of amides is 1. The molecule has 0 spiro atoms. The fourth-order valence-corrected chi connectivity index (χ4v) is 4.01. The number of para-hydroxylation sites is 1. The molecule has 0 aliphatic carbocycles. The third-order valence-electron chi connectivity index (χ3n) is 5.61. The molecular formula is C26H22ClN5O2. The Kier molecular flexibility index (Phi) is 6.35. The van der Waals surface area contributed by atoms with Crippen LogP contribution in [-0.2, 0) is 0 Å². The lowest BCUT2D eigenvalue weighted by Crippen LogP contribution is -2.49. The molecule has 7 nitrogen and oxygen atoms in total. The topological polar surface area (TPSA) is 71.5 Å². The molecule has 1 aliphatic heterocycles. The van der Waals surface area contributed by atoms with Gasteiger partial charge in [0.1, 0.15) is 16.7 Å². The first-order valence-corrected chi connectivity index (χ1v) is 11.4. The minimum Gasteiger partial charge on any atom is -0.457 e. The van der Waals surface area contributed by atoms with Crippen LogP contribution in [0.4, 0.5) is 5.95 Å². The van der Waals surface area contributed by atoms with Crippen molar-refractivity contribution in [1.29, 1.82) is 0 Å². The van der Waals surface area contributed by atoms with Gasteiger partial charge in [-0.15, -0.1) is 0 Å². The van der Waals surface area contributed by atoms with Gasteiger partial charge in [0.25, 0.3) is 5.91 Å². The number of rotatable bonds is 5. The molecule has 2 aromatic heterocycles. The maximum absolute atomic E-state index is 12.8. The molecule has 0 N–H and O–H groups in total. The van der Waals surface area contributed by atoms with Crippen LogP contribution in [0.2, 0.25) is 5.15 Å². The molecule has 0 unspecified atom stereocenters. The highest BCUT2D eigenvalue weighted by Gasteiger charge is 2.25. The summed E-state index contributed by atoms with van der Waals surface area (Å²) in [6.45, 7) is 2.39. The third kappa shape index (κ3) is 4.84. The van der Waals surface area contributed by atoms with E-state index in [-0.39, 0.29) is 11.1 Å². The Morgan fingerprint density at radius 3 is 2.26 bits per heavy atom. The molecule has 0 bridgehead atoms. The molecule has 1 aliphatic rings. The normalized spacial score (nSPS) is 13.6. The second-order valence-corrected chi connectivity index (χ2v) is 8.16. The molecule has 1 fully saturated rings. The number of aromatic nitrogens is 3. The maximum atomic E-state index is 12.8. The maximum Gasteiger partial charge on any atom is 0.257 e. The van der Waals surface area contributed by atoms with Gasteiger partial charge < -0.3 is 14.5 Å². The van der Waals surface area contributed by atoms with Gasteiger partial charge >= 0.3 is 0 Å².